The van der Waals surface area contributed by atoms with E-state index < -0.39 is 17.6 Å². The molecule has 0 aromatic heterocycles. The predicted molar refractivity (Wildman–Crippen MR) is 90.7 cm³/mol. The zero-order valence-electron chi connectivity index (χ0n) is 12.6. The highest BCUT2D eigenvalue weighted by Crippen LogP contribution is 2.17. The summed E-state index contributed by atoms with van der Waals surface area (Å²) in [5, 5.41) is 5.09. The van der Waals surface area contributed by atoms with Crippen molar-refractivity contribution in [2.75, 3.05) is 17.3 Å². The van der Waals surface area contributed by atoms with E-state index in [-0.39, 0.29) is 11.7 Å². The first-order valence-electron chi connectivity index (χ1n) is 7.01. The van der Waals surface area contributed by atoms with Crippen LogP contribution in [-0.2, 0) is 9.59 Å². The zero-order valence-corrected chi connectivity index (χ0v) is 13.4. The van der Waals surface area contributed by atoms with Crippen molar-refractivity contribution in [3.63, 3.8) is 0 Å². The topological polar surface area (TPSA) is 58.2 Å². The van der Waals surface area contributed by atoms with Gasteiger partial charge in [-0.3, -0.25) is 9.59 Å². The number of nitrogens with one attached hydrogen (secondary N) is 2. The maximum atomic E-state index is 13.1. The Bertz CT molecular complexity index is 679. The van der Waals surface area contributed by atoms with Gasteiger partial charge in [0, 0.05) is 11.4 Å². The van der Waals surface area contributed by atoms with Crippen molar-refractivity contribution in [2.24, 2.45) is 0 Å². The van der Waals surface area contributed by atoms with Gasteiger partial charge in [-0.05, 0) is 30.0 Å². The lowest BCUT2D eigenvalue weighted by Crippen LogP contribution is -2.38. The van der Waals surface area contributed by atoms with Crippen molar-refractivity contribution in [2.45, 2.75) is 6.04 Å². The standard InChI is InChI=1S/C17H17FN2O2S/c1-23-11-15(12-6-3-2-4-7-12)20-17(22)16(21)19-14-9-5-8-13(18)10-14/h2-10,15H,11H2,1H3,(H,19,21)(H,20,22)/t15-/m0/s1. The summed E-state index contributed by atoms with van der Waals surface area (Å²) < 4.78 is 13.1. The number of thioether (sulfide) groups is 1. The van der Waals surface area contributed by atoms with Crippen LogP contribution in [0.5, 0.6) is 0 Å². The highest BCUT2D eigenvalue weighted by atomic mass is 32.2. The van der Waals surface area contributed by atoms with Crippen molar-refractivity contribution in [3.8, 4) is 0 Å². The number of carbonyl (C=O) groups excluding carboxylic acids is 2. The molecule has 2 aromatic carbocycles. The molecule has 1 atom stereocenters. The van der Waals surface area contributed by atoms with Gasteiger partial charge in [-0.25, -0.2) is 4.39 Å². The lowest BCUT2D eigenvalue weighted by atomic mass is 10.1. The Balaban J connectivity index is 2.02. The van der Waals surface area contributed by atoms with Crippen LogP contribution in [0.4, 0.5) is 10.1 Å². The van der Waals surface area contributed by atoms with E-state index in [0.717, 1.165) is 11.6 Å². The van der Waals surface area contributed by atoms with E-state index >= 15 is 0 Å². The number of benzene rings is 2. The van der Waals surface area contributed by atoms with Gasteiger partial charge in [-0.2, -0.15) is 11.8 Å². The number of amides is 2. The van der Waals surface area contributed by atoms with Gasteiger partial charge in [0.2, 0.25) is 0 Å². The minimum absolute atomic E-state index is 0.242. The van der Waals surface area contributed by atoms with Crippen LogP contribution in [0.2, 0.25) is 0 Å². The summed E-state index contributed by atoms with van der Waals surface area (Å²) >= 11 is 1.57. The fraction of sp³-hybridized carbons (Fsp3) is 0.176. The first-order chi connectivity index (χ1) is 11.1. The molecule has 0 saturated carbocycles. The first kappa shape index (κ1) is 17.0. The van der Waals surface area contributed by atoms with Gasteiger partial charge < -0.3 is 10.6 Å². The van der Waals surface area contributed by atoms with Crippen molar-refractivity contribution >= 4 is 29.3 Å². The highest BCUT2D eigenvalue weighted by molar-refractivity contribution is 7.98. The maximum Gasteiger partial charge on any atom is 0.313 e. The average molecular weight is 332 g/mol. The number of hydrogen-bond acceptors (Lipinski definition) is 3. The Hall–Kier alpha value is -2.34. The largest absolute Gasteiger partial charge is 0.340 e. The Morgan fingerprint density at radius 2 is 1.83 bits per heavy atom. The van der Waals surface area contributed by atoms with Gasteiger partial charge in [0.1, 0.15) is 5.82 Å². The van der Waals surface area contributed by atoms with Crippen molar-refractivity contribution in [3.05, 3.63) is 66.0 Å². The summed E-state index contributed by atoms with van der Waals surface area (Å²) in [6.45, 7) is 0. The third kappa shape index (κ3) is 5.10. The molecule has 6 heteroatoms. The summed E-state index contributed by atoms with van der Waals surface area (Å²) in [5.41, 5.74) is 1.17. The van der Waals surface area contributed by atoms with Gasteiger partial charge in [0.25, 0.3) is 0 Å². The summed E-state index contributed by atoms with van der Waals surface area (Å²) in [7, 11) is 0. The van der Waals surface area contributed by atoms with Crippen molar-refractivity contribution in [1.82, 2.24) is 5.32 Å². The van der Waals surface area contributed by atoms with Crippen molar-refractivity contribution in [1.29, 1.82) is 0 Å². The van der Waals surface area contributed by atoms with E-state index in [2.05, 4.69) is 10.6 Å². The Kier molecular flexibility index (Phi) is 6.17. The van der Waals surface area contributed by atoms with E-state index in [4.69, 9.17) is 0 Å². The Morgan fingerprint density at radius 1 is 1.09 bits per heavy atom. The molecule has 0 aliphatic rings. The number of rotatable bonds is 5. The monoisotopic (exact) mass is 332 g/mol. The van der Waals surface area contributed by atoms with E-state index in [1.165, 1.54) is 18.2 Å². The molecule has 2 aromatic rings. The van der Waals surface area contributed by atoms with Crippen LogP contribution in [-0.4, -0.2) is 23.8 Å². The molecule has 23 heavy (non-hydrogen) atoms. The van der Waals surface area contributed by atoms with Crippen LogP contribution in [0.3, 0.4) is 0 Å². The second-order valence-electron chi connectivity index (χ2n) is 4.86. The molecule has 2 N–H and O–H groups in total. The highest BCUT2D eigenvalue weighted by Gasteiger charge is 2.19. The van der Waals surface area contributed by atoms with Gasteiger partial charge >= 0.3 is 11.8 Å². The quantitative estimate of drug-likeness (QED) is 0.828. The maximum absolute atomic E-state index is 13.1. The molecule has 0 saturated heterocycles. The zero-order chi connectivity index (χ0) is 16.7. The summed E-state index contributed by atoms with van der Waals surface area (Å²) in [6, 6.07) is 14.6. The lowest BCUT2D eigenvalue weighted by Gasteiger charge is -2.18. The van der Waals surface area contributed by atoms with E-state index in [0.29, 0.717) is 5.75 Å². The molecule has 2 amide bonds. The fourth-order valence-electron chi connectivity index (χ4n) is 2.05. The molecule has 4 nitrogen and oxygen atoms in total. The van der Waals surface area contributed by atoms with Crippen LogP contribution in [0.15, 0.2) is 54.6 Å². The molecule has 0 aliphatic heterocycles. The molecule has 2 rings (SSSR count). The SMILES string of the molecule is CSC[C@H](NC(=O)C(=O)Nc1cccc(F)c1)c1ccccc1. The number of hydrogen-bond donors (Lipinski definition) is 2. The molecule has 120 valence electrons. The molecule has 0 spiro atoms. The van der Waals surface area contributed by atoms with Gasteiger partial charge in [-0.1, -0.05) is 36.4 Å². The molecule has 0 fully saturated rings. The molecule has 0 unspecified atom stereocenters. The van der Waals surface area contributed by atoms with Gasteiger partial charge in [0.15, 0.2) is 0 Å². The average Bonchev–Trinajstić information content (AvgIpc) is 2.55. The van der Waals surface area contributed by atoms with E-state index in [9.17, 15) is 14.0 Å². The second-order valence-corrected chi connectivity index (χ2v) is 5.77. The third-order valence-corrected chi connectivity index (χ3v) is 3.80. The molecule has 0 heterocycles. The minimum Gasteiger partial charge on any atom is -0.340 e. The molecule has 0 radical (unpaired) electrons. The Labute approximate surface area is 138 Å². The molecular formula is C17H17FN2O2S. The number of halogens is 1. The van der Waals surface area contributed by atoms with Crippen LogP contribution in [0.25, 0.3) is 0 Å². The van der Waals surface area contributed by atoms with Gasteiger partial charge in [-0.15, -0.1) is 0 Å². The number of anilines is 1. The number of carbonyl (C=O) groups is 2. The normalized spacial score (nSPS) is 11.6. The van der Waals surface area contributed by atoms with E-state index in [1.807, 2.05) is 36.6 Å². The summed E-state index contributed by atoms with van der Waals surface area (Å²) in [6.07, 6.45) is 1.93. The summed E-state index contributed by atoms with van der Waals surface area (Å²) in [5.74, 6) is -1.41. The first-order valence-corrected chi connectivity index (χ1v) is 8.41. The van der Waals surface area contributed by atoms with Crippen LogP contribution in [0.1, 0.15) is 11.6 Å². The second kappa shape index (κ2) is 8.33. The van der Waals surface area contributed by atoms with Crippen molar-refractivity contribution < 1.29 is 14.0 Å². The molecule has 0 aliphatic carbocycles. The molecular weight excluding hydrogens is 315 g/mol. The smallest absolute Gasteiger partial charge is 0.313 e. The van der Waals surface area contributed by atoms with Gasteiger partial charge in [0.05, 0.1) is 6.04 Å². The third-order valence-electron chi connectivity index (χ3n) is 3.13. The van der Waals surface area contributed by atoms with E-state index in [1.54, 1.807) is 11.8 Å². The summed E-state index contributed by atoms with van der Waals surface area (Å²) in [4.78, 5) is 24.0. The Morgan fingerprint density at radius 3 is 2.48 bits per heavy atom. The molecule has 0 bridgehead atoms. The van der Waals surface area contributed by atoms with Crippen LogP contribution < -0.4 is 10.6 Å². The van der Waals surface area contributed by atoms with Crippen LogP contribution >= 0.6 is 11.8 Å². The van der Waals surface area contributed by atoms with Crippen LogP contribution in [0, 0.1) is 5.82 Å². The minimum atomic E-state index is -0.822. The predicted octanol–water partition coefficient (Wildman–Crippen LogP) is 2.98. The fourth-order valence-corrected chi connectivity index (χ4v) is 2.66. The lowest BCUT2D eigenvalue weighted by molar-refractivity contribution is -0.136.